The molecule has 0 spiro atoms. The number of hydrogen-bond donors (Lipinski definition) is 2. The molecule has 226 valence electrons. The number of rotatable bonds is 9. The van der Waals surface area contributed by atoms with E-state index >= 15 is 0 Å². The lowest BCUT2D eigenvalue weighted by molar-refractivity contribution is -0.384. The summed E-state index contributed by atoms with van der Waals surface area (Å²) in [6.07, 6.45) is 3.91. The van der Waals surface area contributed by atoms with Gasteiger partial charge in [-0.15, -0.1) is 13.2 Å². The van der Waals surface area contributed by atoms with E-state index < -0.39 is 11.3 Å². The molecule has 2 N–H and O–H groups in total. The molecule has 2 aliphatic rings. The molecule has 9 nitrogen and oxygen atoms in total. The SMILES string of the molecule is O=[N+]([O-])c1ccc(C#Cc2cnc(NCc3ccccc3OC(F)(F)F)nc2NCC2CCC(N3CCCC3)CC2)cc1. The van der Waals surface area contributed by atoms with Gasteiger partial charge in [0.2, 0.25) is 5.95 Å². The molecule has 3 aromatic rings. The highest BCUT2D eigenvalue weighted by atomic mass is 19.4. The maximum Gasteiger partial charge on any atom is 0.573 e. The second-order valence-corrected chi connectivity index (χ2v) is 10.8. The summed E-state index contributed by atoms with van der Waals surface area (Å²) in [6, 6.07) is 12.5. The zero-order chi connectivity index (χ0) is 30.2. The minimum atomic E-state index is -4.80. The Morgan fingerprint density at radius 3 is 2.42 bits per heavy atom. The zero-order valence-electron chi connectivity index (χ0n) is 23.6. The van der Waals surface area contributed by atoms with Crippen LogP contribution in [0.5, 0.6) is 5.75 Å². The topological polar surface area (TPSA) is 105 Å². The van der Waals surface area contributed by atoms with Crippen molar-refractivity contribution in [3.63, 3.8) is 0 Å². The summed E-state index contributed by atoms with van der Waals surface area (Å²) < 4.78 is 42.7. The Bertz CT molecular complexity index is 1460. The smallest absolute Gasteiger partial charge is 0.405 e. The van der Waals surface area contributed by atoms with Gasteiger partial charge in [0.15, 0.2) is 0 Å². The van der Waals surface area contributed by atoms with Gasteiger partial charge in [-0.3, -0.25) is 10.1 Å². The molecule has 0 atom stereocenters. The molecule has 2 aromatic carbocycles. The normalized spacial score (nSPS) is 18.9. The van der Waals surface area contributed by atoms with Crippen molar-refractivity contribution in [2.24, 2.45) is 5.92 Å². The highest BCUT2D eigenvalue weighted by Crippen LogP contribution is 2.30. The van der Waals surface area contributed by atoms with Crippen molar-refractivity contribution < 1.29 is 22.8 Å². The predicted molar refractivity (Wildman–Crippen MR) is 157 cm³/mol. The molecular formula is C31H33F3N6O3. The number of halogens is 3. The van der Waals surface area contributed by atoms with Crippen molar-refractivity contribution >= 4 is 17.5 Å². The molecule has 1 aromatic heterocycles. The molecule has 0 radical (unpaired) electrons. The van der Waals surface area contributed by atoms with Crippen LogP contribution in [-0.4, -0.2) is 51.8 Å². The third kappa shape index (κ3) is 8.58. The summed E-state index contributed by atoms with van der Waals surface area (Å²) in [6.45, 7) is 3.12. The molecule has 0 amide bonds. The Kier molecular flexibility index (Phi) is 9.61. The molecule has 12 heteroatoms. The summed E-state index contributed by atoms with van der Waals surface area (Å²) in [5.41, 5.74) is 1.42. The van der Waals surface area contributed by atoms with Gasteiger partial charge in [-0.05, 0) is 75.7 Å². The van der Waals surface area contributed by atoms with E-state index in [-0.39, 0.29) is 23.9 Å². The van der Waals surface area contributed by atoms with Crippen molar-refractivity contribution in [2.75, 3.05) is 30.3 Å². The monoisotopic (exact) mass is 594 g/mol. The first-order valence-electron chi connectivity index (χ1n) is 14.4. The fourth-order valence-electron chi connectivity index (χ4n) is 5.61. The third-order valence-corrected chi connectivity index (χ3v) is 7.88. The zero-order valence-corrected chi connectivity index (χ0v) is 23.6. The van der Waals surface area contributed by atoms with Gasteiger partial charge in [-0.2, -0.15) is 4.98 Å². The number of ether oxygens (including phenoxy) is 1. The van der Waals surface area contributed by atoms with E-state index in [9.17, 15) is 23.3 Å². The number of non-ortho nitro benzene ring substituents is 1. The van der Waals surface area contributed by atoms with E-state index in [2.05, 4.69) is 42.1 Å². The number of likely N-dealkylation sites (tertiary alicyclic amines) is 1. The Hall–Kier alpha value is -4.37. The number of aromatic nitrogens is 2. The van der Waals surface area contributed by atoms with Crippen LogP contribution < -0.4 is 15.4 Å². The van der Waals surface area contributed by atoms with E-state index in [1.807, 2.05) is 0 Å². The number of nitrogens with zero attached hydrogens (tertiary/aromatic N) is 4. The fraction of sp³-hybridized carbons (Fsp3) is 0.419. The average Bonchev–Trinajstić information content (AvgIpc) is 3.54. The lowest BCUT2D eigenvalue weighted by atomic mass is 9.85. The van der Waals surface area contributed by atoms with Crippen molar-refractivity contribution in [2.45, 2.75) is 57.5 Å². The van der Waals surface area contributed by atoms with E-state index in [1.54, 1.807) is 24.4 Å². The number of anilines is 2. The number of nitro groups is 1. The number of para-hydroxylation sites is 1. The van der Waals surface area contributed by atoms with Gasteiger partial charge in [0, 0.05) is 42.4 Å². The minimum absolute atomic E-state index is 0.0139. The summed E-state index contributed by atoms with van der Waals surface area (Å²) in [4.78, 5) is 22.1. The van der Waals surface area contributed by atoms with Crippen molar-refractivity contribution in [3.8, 4) is 17.6 Å². The fourth-order valence-corrected chi connectivity index (χ4v) is 5.61. The maximum atomic E-state index is 12.8. The van der Waals surface area contributed by atoms with Crippen LogP contribution >= 0.6 is 0 Å². The van der Waals surface area contributed by atoms with Gasteiger partial charge in [-0.1, -0.05) is 30.0 Å². The van der Waals surface area contributed by atoms with Crippen molar-refractivity contribution in [1.82, 2.24) is 14.9 Å². The van der Waals surface area contributed by atoms with Crippen LogP contribution in [0, 0.1) is 27.9 Å². The highest BCUT2D eigenvalue weighted by Gasteiger charge is 2.32. The van der Waals surface area contributed by atoms with Gasteiger partial charge in [0.1, 0.15) is 11.6 Å². The second-order valence-electron chi connectivity index (χ2n) is 10.8. The maximum absolute atomic E-state index is 12.8. The number of nitrogens with one attached hydrogen (secondary N) is 2. The molecule has 1 aliphatic heterocycles. The first-order valence-corrected chi connectivity index (χ1v) is 14.4. The molecule has 43 heavy (non-hydrogen) atoms. The molecule has 0 unspecified atom stereocenters. The largest absolute Gasteiger partial charge is 0.573 e. The molecule has 2 heterocycles. The lowest BCUT2D eigenvalue weighted by Gasteiger charge is -2.34. The molecule has 1 saturated carbocycles. The van der Waals surface area contributed by atoms with Gasteiger partial charge in [-0.25, -0.2) is 4.98 Å². The van der Waals surface area contributed by atoms with Gasteiger partial charge >= 0.3 is 6.36 Å². The predicted octanol–water partition coefficient (Wildman–Crippen LogP) is 6.36. The van der Waals surface area contributed by atoms with E-state index in [4.69, 9.17) is 0 Å². The summed E-state index contributed by atoms with van der Waals surface area (Å²) in [7, 11) is 0. The van der Waals surface area contributed by atoms with Crippen LogP contribution in [0.4, 0.5) is 30.6 Å². The van der Waals surface area contributed by atoms with Crippen molar-refractivity contribution in [3.05, 3.63) is 81.5 Å². The minimum Gasteiger partial charge on any atom is -0.405 e. The lowest BCUT2D eigenvalue weighted by Crippen LogP contribution is -2.37. The number of benzene rings is 2. The Morgan fingerprint density at radius 1 is 1.00 bits per heavy atom. The van der Waals surface area contributed by atoms with Crippen LogP contribution in [0.15, 0.2) is 54.7 Å². The molecule has 1 saturated heterocycles. The Labute approximate surface area is 248 Å². The molecule has 5 rings (SSSR count). The average molecular weight is 595 g/mol. The Balaban J connectivity index is 1.29. The number of nitro benzene ring substituents is 1. The summed E-state index contributed by atoms with van der Waals surface area (Å²) >= 11 is 0. The van der Waals surface area contributed by atoms with Crippen LogP contribution in [-0.2, 0) is 6.54 Å². The van der Waals surface area contributed by atoms with Crippen LogP contribution in [0.25, 0.3) is 0 Å². The molecule has 2 fully saturated rings. The molecule has 1 aliphatic carbocycles. The van der Waals surface area contributed by atoms with E-state index in [1.165, 1.54) is 69.1 Å². The number of alkyl halides is 3. The summed E-state index contributed by atoms with van der Waals surface area (Å²) in [5.74, 6) is 6.98. The van der Waals surface area contributed by atoms with Gasteiger partial charge in [0.05, 0.1) is 16.7 Å². The third-order valence-electron chi connectivity index (χ3n) is 7.88. The van der Waals surface area contributed by atoms with Gasteiger partial charge in [0.25, 0.3) is 5.69 Å². The molecular weight excluding hydrogens is 561 g/mol. The molecule has 0 bridgehead atoms. The van der Waals surface area contributed by atoms with Crippen molar-refractivity contribution in [1.29, 1.82) is 0 Å². The Morgan fingerprint density at radius 2 is 1.72 bits per heavy atom. The first kappa shape index (κ1) is 30.1. The second kappa shape index (κ2) is 13.7. The van der Waals surface area contributed by atoms with Gasteiger partial charge < -0.3 is 20.3 Å². The summed E-state index contributed by atoms with van der Waals surface area (Å²) in [5, 5.41) is 17.4. The highest BCUT2D eigenvalue weighted by molar-refractivity contribution is 5.57. The quantitative estimate of drug-likeness (QED) is 0.168. The first-order chi connectivity index (χ1) is 20.7. The van der Waals surface area contributed by atoms with E-state index in [0.29, 0.717) is 41.0 Å². The standard InChI is InChI=1S/C31H33F3N6O3/c32-31(33,34)43-28-6-2-1-5-24(28)20-36-30-37-21-25(12-7-22-8-15-27(16-9-22)40(41)42)29(38-30)35-19-23-10-13-26(14-11-23)39-17-3-4-18-39/h1-2,5-6,8-9,15-16,21,23,26H,3-4,10-11,13-14,17-20H2,(H2,35,36,37,38). The van der Waals surface area contributed by atoms with Crippen LogP contribution in [0.2, 0.25) is 0 Å². The number of hydrogen-bond acceptors (Lipinski definition) is 8. The van der Waals surface area contributed by atoms with Crippen LogP contribution in [0.3, 0.4) is 0 Å². The van der Waals surface area contributed by atoms with E-state index in [0.717, 1.165) is 12.8 Å². The van der Waals surface area contributed by atoms with Crippen LogP contribution in [0.1, 0.15) is 55.2 Å².